The van der Waals surface area contributed by atoms with E-state index in [1.54, 1.807) is 7.11 Å². The Morgan fingerprint density at radius 2 is 2.32 bits per heavy atom. The number of methoxy groups -OCH3 is 1. The molecule has 1 fully saturated rings. The number of ether oxygens (including phenoxy) is 2. The Hall–Kier alpha value is -1.55. The minimum absolute atomic E-state index is 0.00694. The number of amides is 1. The zero-order chi connectivity index (χ0) is 13.7. The van der Waals surface area contributed by atoms with Gasteiger partial charge in [0.15, 0.2) is 0 Å². The van der Waals surface area contributed by atoms with Crippen molar-refractivity contribution >= 4 is 5.91 Å². The summed E-state index contributed by atoms with van der Waals surface area (Å²) in [4.78, 5) is 12.0. The van der Waals surface area contributed by atoms with Gasteiger partial charge in [-0.15, -0.1) is 0 Å². The van der Waals surface area contributed by atoms with Gasteiger partial charge >= 0.3 is 0 Å². The number of benzene rings is 1. The standard InChI is InChI=1S/C15H21NO3/c1-11(13-8-5-9-19-13)16-15(17)10-12-6-3-4-7-14(12)18-2/h3-4,6-7,11,13H,5,8-10H2,1-2H3,(H,16,17)/t11-,13+/m1/s1. The van der Waals surface area contributed by atoms with Crippen LogP contribution in [0.2, 0.25) is 0 Å². The van der Waals surface area contributed by atoms with E-state index in [-0.39, 0.29) is 18.1 Å². The van der Waals surface area contributed by atoms with Gasteiger partial charge in [-0.25, -0.2) is 0 Å². The van der Waals surface area contributed by atoms with Gasteiger partial charge in [-0.05, 0) is 25.8 Å². The van der Waals surface area contributed by atoms with E-state index in [0.29, 0.717) is 6.42 Å². The molecule has 4 heteroatoms. The molecule has 4 nitrogen and oxygen atoms in total. The zero-order valence-electron chi connectivity index (χ0n) is 11.5. The van der Waals surface area contributed by atoms with Crippen molar-refractivity contribution in [2.24, 2.45) is 0 Å². The number of rotatable bonds is 5. The lowest BCUT2D eigenvalue weighted by Gasteiger charge is -2.20. The second-order valence-corrected chi connectivity index (χ2v) is 4.90. The number of carbonyl (C=O) groups excluding carboxylic acids is 1. The van der Waals surface area contributed by atoms with Crippen LogP contribution in [-0.4, -0.2) is 31.8 Å². The van der Waals surface area contributed by atoms with Crippen LogP contribution in [0.1, 0.15) is 25.3 Å². The van der Waals surface area contributed by atoms with Gasteiger partial charge in [0, 0.05) is 12.2 Å². The fourth-order valence-corrected chi connectivity index (χ4v) is 2.42. The smallest absolute Gasteiger partial charge is 0.224 e. The van der Waals surface area contributed by atoms with Gasteiger partial charge in [-0.3, -0.25) is 4.79 Å². The molecule has 0 spiro atoms. The van der Waals surface area contributed by atoms with E-state index in [0.717, 1.165) is 30.8 Å². The SMILES string of the molecule is COc1ccccc1CC(=O)N[C@H](C)[C@@H]1CCCO1. The van der Waals surface area contributed by atoms with E-state index in [1.807, 2.05) is 31.2 Å². The average molecular weight is 263 g/mol. The van der Waals surface area contributed by atoms with Crippen LogP contribution < -0.4 is 10.1 Å². The topological polar surface area (TPSA) is 47.6 Å². The molecule has 2 atom stereocenters. The maximum absolute atomic E-state index is 12.0. The molecule has 1 aliphatic rings. The molecule has 0 unspecified atom stereocenters. The summed E-state index contributed by atoms with van der Waals surface area (Å²) in [7, 11) is 1.62. The Morgan fingerprint density at radius 1 is 1.53 bits per heavy atom. The second kappa shape index (κ2) is 6.57. The molecule has 1 heterocycles. The van der Waals surface area contributed by atoms with Gasteiger partial charge in [0.05, 0.1) is 25.7 Å². The summed E-state index contributed by atoms with van der Waals surface area (Å²) in [6, 6.07) is 7.65. The van der Waals surface area contributed by atoms with Crippen molar-refractivity contribution in [3.05, 3.63) is 29.8 Å². The first-order chi connectivity index (χ1) is 9.20. The normalized spacial score (nSPS) is 20.0. The van der Waals surface area contributed by atoms with E-state index in [4.69, 9.17) is 9.47 Å². The number of hydrogen-bond acceptors (Lipinski definition) is 3. The van der Waals surface area contributed by atoms with Gasteiger partial charge in [0.1, 0.15) is 5.75 Å². The molecule has 0 saturated carbocycles. The summed E-state index contributed by atoms with van der Waals surface area (Å²) in [6.07, 6.45) is 2.59. The first-order valence-electron chi connectivity index (χ1n) is 6.73. The van der Waals surface area contributed by atoms with E-state index < -0.39 is 0 Å². The number of hydrogen-bond donors (Lipinski definition) is 1. The Balaban J connectivity index is 1.89. The Morgan fingerprint density at radius 3 is 3.00 bits per heavy atom. The van der Waals surface area contributed by atoms with Crippen molar-refractivity contribution in [1.82, 2.24) is 5.32 Å². The monoisotopic (exact) mass is 263 g/mol. The second-order valence-electron chi connectivity index (χ2n) is 4.90. The highest BCUT2D eigenvalue weighted by Crippen LogP contribution is 2.18. The van der Waals surface area contributed by atoms with E-state index in [1.165, 1.54) is 0 Å². The van der Waals surface area contributed by atoms with Gasteiger partial charge in [0.25, 0.3) is 0 Å². The molecule has 2 rings (SSSR count). The van der Waals surface area contributed by atoms with Crippen LogP contribution in [0.25, 0.3) is 0 Å². The van der Waals surface area contributed by atoms with E-state index in [9.17, 15) is 4.79 Å². The lowest BCUT2D eigenvalue weighted by molar-refractivity contribution is -0.121. The fraction of sp³-hybridized carbons (Fsp3) is 0.533. The lowest BCUT2D eigenvalue weighted by atomic mass is 10.1. The zero-order valence-corrected chi connectivity index (χ0v) is 11.5. The highest BCUT2D eigenvalue weighted by atomic mass is 16.5. The average Bonchev–Trinajstić information content (AvgIpc) is 2.93. The number of carbonyl (C=O) groups is 1. The highest BCUT2D eigenvalue weighted by molar-refractivity contribution is 5.79. The molecule has 0 aromatic heterocycles. The van der Waals surface area contributed by atoms with Crippen molar-refractivity contribution in [2.45, 2.75) is 38.3 Å². The number of para-hydroxylation sites is 1. The molecule has 1 aromatic carbocycles. The summed E-state index contributed by atoms with van der Waals surface area (Å²) in [5.41, 5.74) is 0.905. The first kappa shape index (κ1) is 13.9. The maximum Gasteiger partial charge on any atom is 0.224 e. The lowest BCUT2D eigenvalue weighted by Crippen LogP contribution is -2.41. The summed E-state index contributed by atoms with van der Waals surface area (Å²) in [5.74, 6) is 0.759. The first-order valence-corrected chi connectivity index (χ1v) is 6.73. The molecule has 1 amide bonds. The molecule has 0 bridgehead atoms. The third-order valence-electron chi connectivity index (χ3n) is 3.45. The summed E-state index contributed by atoms with van der Waals surface area (Å²) < 4.78 is 10.8. The van der Waals surface area contributed by atoms with Crippen LogP contribution in [0.15, 0.2) is 24.3 Å². The molecule has 1 aliphatic heterocycles. The maximum atomic E-state index is 12.0. The molecule has 1 saturated heterocycles. The van der Waals surface area contributed by atoms with Crippen LogP contribution >= 0.6 is 0 Å². The summed E-state index contributed by atoms with van der Waals surface area (Å²) in [6.45, 7) is 2.80. The van der Waals surface area contributed by atoms with Crippen molar-refractivity contribution in [3.63, 3.8) is 0 Å². The fourth-order valence-electron chi connectivity index (χ4n) is 2.42. The van der Waals surface area contributed by atoms with Gasteiger partial charge in [-0.2, -0.15) is 0 Å². The van der Waals surface area contributed by atoms with Gasteiger partial charge in [-0.1, -0.05) is 18.2 Å². The van der Waals surface area contributed by atoms with Crippen LogP contribution in [0, 0.1) is 0 Å². The van der Waals surface area contributed by atoms with E-state index >= 15 is 0 Å². The van der Waals surface area contributed by atoms with E-state index in [2.05, 4.69) is 5.32 Å². The van der Waals surface area contributed by atoms with Crippen molar-refractivity contribution < 1.29 is 14.3 Å². The number of nitrogens with one attached hydrogen (secondary N) is 1. The molecular weight excluding hydrogens is 242 g/mol. The van der Waals surface area contributed by atoms with Crippen LogP contribution in [0.4, 0.5) is 0 Å². The van der Waals surface area contributed by atoms with Gasteiger partial charge < -0.3 is 14.8 Å². The molecule has 0 aliphatic carbocycles. The highest BCUT2D eigenvalue weighted by Gasteiger charge is 2.23. The van der Waals surface area contributed by atoms with Crippen molar-refractivity contribution in [1.29, 1.82) is 0 Å². The molecule has 1 aromatic rings. The minimum Gasteiger partial charge on any atom is -0.496 e. The Kier molecular flexibility index (Phi) is 4.80. The molecule has 19 heavy (non-hydrogen) atoms. The van der Waals surface area contributed by atoms with Crippen LogP contribution in [-0.2, 0) is 16.0 Å². The molecule has 104 valence electrons. The van der Waals surface area contributed by atoms with Gasteiger partial charge in [0.2, 0.25) is 5.91 Å². The molecule has 0 radical (unpaired) electrons. The third-order valence-corrected chi connectivity index (χ3v) is 3.45. The van der Waals surface area contributed by atoms with Crippen molar-refractivity contribution in [2.75, 3.05) is 13.7 Å². The predicted molar refractivity (Wildman–Crippen MR) is 73.3 cm³/mol. The predicted octanol–water partition coefficient (Wildman–Crippen LogP) is 1.92. The largest absolute Gasteiger partial charge is 0.496 e. The Bertz CT molecular complexity index is 427. The Labute approximate surface area is 114 Å². The summed E-state index contributed by atoms with van der Waals surface area (Å²) in [5, 5.41) is 3.00. The summed E-state index contributed by atoms with van der Waals surface area (Å²) >= 11 is 0. The molecule has 1 N–H and O–H groups in total. The van der Waals surface area contributed by atoms with Crippen molar-refractivity contribution in [3.8, 4) is 5.75 Å². The van der Waals surface area contributed by atoms with Crippen LogP contribution in [0.3, 0.4) is 0 Å². The molecular formula is C15H21NO3. The quantitative estimate of drug-likeness (QED) is 0.883. The third kappa shape index (κ3) is 3.70. The minimum atomic E-state index is 0.00694. The van der Waals surface area contributed by atoms with Crippen LogP contribution in [0.5, 0.6) is 5.75 Å².